The number of benzene rings is 2. The Morgan fingerprint density at radius 3 is 2.24 bits per heavy atom. The molecule has 5 aliphatic rings. The molecule has 7 rings (SSSR count). The number of nitrogens with zero attached hydrogens (tertiary/aromatic N) is 2. The highest BCUT2D eigenvalue weighted by molar-refractivity contribution is 5.94. The van der Waals surface area contributed by atoms with Gasteiger partial charge in [-0.15, -0.1) is 0 Å². The van der Waals surface area contributed by atoms with Crippen LogP contribution in [0.3, 0.4) is 0 Å². The molecule has 1 atom stereocenters. The highest BCUT2D eigenvalue weighted by Crippen LogP contribution is 2.39. The molecule has 0 radical (unpaired) electrons. The van der Waals surface area contributed by atoms with E-state index in [-0.39, 0.29) is 24.3 Å². The molecule has 5 fully saturated rings. The van der Waals surface area contributed by atoms with Crippen LogP contribution in [0, 0.1) is 5.92 Å². The van der Waals surface area contributed by atoms with Crippen LogP contribution in [0.25, 0.3) is 0 Å². The summed E-state index contributed by atoms with van der Waals surface area (Å²) in [7, 11) is 0. The van der Waals surface area contributed by atoms with Gasteiger partial charge in [-0.05, 0) is 93.8 Å². The van der Waals surface area contributed by atoms with Gasteiger partial charge in [0, 0.05) is 25.2 Å². The predicted molar refractivity (Wildman–Crippen MR) is 154 cm³/mol. The lowest BCUT2D eigenvalue weighted by Gasteiger charge is -2.46. The monoisotopic (exact) mass is 562 g/mol. The Kier molecular flexibility index (Phi) is 8.89. The number of fused-ring (bicyclic) bond motifs is 3. The fraction of sp³-hybridized carbons (Fsp3) is 0.576. The summed E-state index contributed by atoms with van der Waals surface area (Å²) in [5, 5.41) is 0. The van der Waals surface area contributed by atoms with Crippen molar-refractivity contribution in [3.63, 3.8) is 0 Å². The van der Waals surface area contributed by atoms with Crippen molar-refractivity contribution >= 4 is 11.9 Å². The quantitative estimate of drug-likeness (QED) is 0.313. The number of esters is 1. The fourth-order valence-corrected chi connectivity index (χ4v) is 6.81. The standard InChI is InChI=1S/C33H42N2O6/c36-31(26-9-11-28(12-10-26)38-21-5-4-8-30-39-22-23-40-30)35-19-15-33(16-20-35,27-6-2-1-3-7-27)32(37)41-29-24-34-17-13-25(29)14-18-34/h1-3,6-7,9-12,25,29-30H,4-5,8,13-24H2. The minimum Gasteiger partial charge on any atom is -0.494 e. The van der Waals surface area contributed by atoms with E-state index in [4.69, 9.17) is 18.9 Å². The second-order valence-corrected chi connectivity index (χ2v) is 11.9. The van der Waals surface area contributed by atoms with Crippen molar-refractivity contribution in [3.8, 4) is 5.75 Å². The average Bonchev–Trinajstić information content (AvgIpc) is 3.56. The van der Waals surface area contributed by atoms with E-state index in [2.05, 4.69) is 4.90 Å². The number of carbonyl (C=O) groups is 2. The zero-order valence-electron chi connectivity index (χ0n) is 23.9. The van der Waals surface area contributed by atoms with E-state index in [0.717, 1.165) is 63.1 Å². The molecule has 1 unspecified atom stereocenters. The van der Waals surface area contributed by atoms with Crippen LogP contribution in [-0.4, -0.2) is 86.6 Å². The van der Waals surface area contributed by atoms with Crippen LogP contribution in [0.1, 0.15) is 60.9 Å². The van der Waals surface area contributed by atoms with Crippen LogP contribution in [0.15, 0.2) is 54.6 Å². The van der Waals surface area contributed by atoms with Crippen molar-refractivity contribution in [3.05, 3.63) is 65.7 Å². The first-order valence-corrected chi connectivity index (χ1v) is 15.3. The lowest BCUT2D eigenvalue weighted by atomic mass is 9.72. The molecule has 5 saturated heterocycles. The molecule has 5 aliphatic heterocycles. The first-order chi connectivity index (χ1) is 20.1. The van der Waals surface area contributed by atoms with Crippen molar-refractivity contribution in [1.82, 2.24) is 9.80 Å². The zero-order valence-corrected chi connectivity index (χ0v) is 23.9. The molecule has 0 saturated carbocycles. The van der Waals surface area contributed by atoms with Gasteiger partial charge in [0.2, 0.25) is 0 Å². The Hall–Kier alpha value is -2.94. The van der Waals surface area contributed by atoms with E-state index in [1.54, 1.807) is 0 Å². The number of amides is 1. The summed E-state index contributed by atoms with van der Waals surface area (Å²) in [6, 6.07) is 17.4. The van der Waals surface area contributed by atoms with E-state index < -0.39 is 5.41 Å². The third-order valence-electron chi connectivity index (χ3n) is 9.37. The Morgan fingerprint density at radius 1 is 0.878 bits per heavy atom. The number of hydrogen-bond donors (Lipinski definition) is 0. The summed E-state index contributed by atoms with van der Waals surface area (Å²) >= 11 is 0. The van der Waals surface area contributed by atoms with E-state index in [1.807, 2.05) is 59.5 Å². The van der Waals surface area contributed by atoms with Gasteiger partial charge in [-0.3, -0.25) is 14.5 Å². The summed E-state index contributed by atoms with van der Waals surface area (Å²) in [6.07, 6.45) is 6.01. The van der Waals surface area contributed by atoms with Crippen molar-refractivity contribution in [2.45, 2.75) is 62.8 Å². The number of likely N-dealkylation sites (tertiary alicyclic amines) is 1. The van der Waals surface area contributed by atoms with Gasteiger partial charge in [0.05, 0.1) is 25.2 Å². The predicted octanol–water partition coefficient (Wildman–Crippen LogP) is 4.42. The molecular formula is C33H42N2O6. The van der Waals surface area contributed by atoms with Gasteiger partial charge in [-0.2, -0.15) is 0 Å². The lowest BCUT2D eigenvalue weighted by molar-refractivity contribution is -0.167. The minimum atomic E-state index is -0.724. The highest BCUT2D eigenvalue weighted by atomic mass is 16.7. The first kappa shape index (κ1) is 28.2. The van der Waals surface area contributed by atoms with Crippen LogP contribution in [0.2, 0.25) is 0 Å². The van der Waals surface area contributed by atoms with Gasteiger partial charge < -0.3 is 23.8 Å². The molecule has 41 heavy (non-hydrogen) atoms. The molecule has 8 nitrogen and oxygen atoms in total. The molecule has 0 aliphatic carbocycles. The Balaban J connectivity index is 1.03. The maximum atomic E-state index is 13.9. The summed E-state index contributed by atoms with van der Waals surface area (Å²) in [5.41, 5.74) is 0.899. The summed E-state index contributed by atoms with van der Waals surface area (Å²) in [4.78, 5) is 31.5. The highest BCUT2D eigenvalue weighted by Gasteiger charge is 2.47. The fourth-order valence-electron chi connectivity index (χ4n) is 6.81. The molecule has 8 heteroatoms. The number of carbonyl (C=O) groups excluding carboxylic acids is 2. The number of piperidine rings is 4. The van der Waals surface area contributed by atoms with Crippen molar-refractivity contribution < 1.29 is 28.5 Å². The molecule has 0 aromatic heterocycles. The summed E-state index contributed by atoms with van der Waals surface area (Å²) < 4.78 is 23.1. The third-order valence-corrected chi connectivity index (χ3v) is 9.37. The van der Waals surface area contributed by atoms with Crippen molar-refractivity contribution in [2.75, 3.05) is 52.5 Å². The molecule has 2 aromatic carbocycles. The number of unbranched alkanes of at least 4 members (excludes halogenated alkanes) is 1. The summed E-state index contributed by atoms with van der Waals surface area (Å²) in [6.45, 7) is 6.07. The van der Waals surface area contributed by atoms with Crippen LogP contribution >= 0.6 is 0 Å². The zero-order chi connectivity index (χ0) is 28.1. The van der Waals surface area contributed by atoms with Gasteiger partial charge >= 0.3 is 5.97 Å². The molecule has 0 spiro atoms. The van der Waals surface area contributed by atoms with Crippen LogP contribution in [-0.2, 0) is 24.4 Å². The molecule has 0 N–H and O–H groups in total. The van der Waals surface area contributed by atoms with Crippen molar-refractivity contribution in [1.29, 1.82) is 0 Å². The molecule has 2 aromatic rings. The maximum absolute atomic E-state index is 13.9. The first-order valence-electron chi connectivity index (χ1n) is 15.3. The second kappa shape index (κ2) is 12.9. The summed E-state index contributed by atoms with van der Waals surface area (Å²) in [5.74, 6) is 1.08. The Morgan fingerprint density at radius 2 is 1.59 bits per heavy atom. The number of ether oxygens (including phenoxy) is 4. The SMILES string of the molecule is O=C(c1ccc(OCCCCC2OCCO2)cc1)N1CCC(C(=O)OC2CN3CCC2CC3)(c2ccccc2)CC1. The normalized spacial score (nSPS) is 25.7. The van der Waals surface area contributed by atoms with Gasteiger partial charge in [-0.1, -0.05) is 30.3 Å². The number of hydrogen-bond acceptors (Lipinski definition) is 7. The largest absolute Gasteiger partial charge is 0.494 e. The van der Waals surface area contributed by atoms with Gasteiger partial charge in [0.1, 0.15) is 11.9 Å². The second-order valence-electron chi connectivity index (χ2n) is 11.9. The topological polar surface area (TPSA) is 77.5 Å². The van der Waals surface area contributed by atoms with Gasteiger partial charge in [0.15, 0.2) is 6.29 Å². The van der Waals surface area contributed by atoms with E-state index in [0.29, 0.717) is 57.2 Å². The van der Waals surface area contributed by atoms with Gasteiger partial charge in [-0.25, -0.2) is 0 Å². The molecular weight excluding hydrogens is 520 g/mol. The van der Waals surface area contributed by atoms with Crippen LogP contribution < -0.4 is 4.74 Å². The van der Waals surface area contributed by atoms with E-state index in [9.17, 15) is 9.59 Å². The Labute approximate surface area is 242 Å². The van der Waals surface area contributed by atoms with E-state index in [1.165, 1.54) is 0 Å². The molecule has 1 amide bonds. The smallest absolute Gasteiger partial charge is 0.317 e. The number of rotatable bonds is 10. The molecule has 5 heterocycles. The molecule has 220 valence electrons. The molecule has 2 bridgehead atoms. The van der Waals surface area contributed by atoms with Gasteiger partial charge in [0.25, 0.3) is 5.91 Å². The average molecular weight is 563 g/mol. The van der Waals surface area contributed by atoms with Crippen LogP contribution in [0.4, 0.5) is 0 Å². The minimum absolute atomic E-state index is 0.0134. The Bertz CT molecular complexity index is 1150. The van der Waals surface area contributed by atoms with E-state index >= 15 is 0 Å². The van der Waals surface area contributed by atoms with Crippen LogP contribution in [0.5, 0.6) is 5.75 Å². The third kappa shape index (κ3) is 6.45. The lowest BCUT2D eigenvalue weighted by Crippen LogP contribution is -2.55. The maximum Gasteiger partial charge on any atom is 0.317 e. The van der Waals surface area contributed by atoms with Crippen molar-refractivity contribution in [2.24, 2.45) is 5.92 Å².